The number of thiophene rings is 1. The van der Waals surface area contributed by atoms with Gasteiger partial charge in [-0.2, -0.15) is 0 Å². The first kappa shape index (κ1) is 12.1. The largest absolute Gasteiger partial charge is 0.314 e. The van der Waals surface area contributed by atoms with E-state index in [-0.39, 0.29) is 5.54 Å². The molecule has 1 atom stereocenters. The number of hydrogen-bond donors (Lipinski definition) is 1. The second-order valence-corrected chi connectivity index (χ2v) is 6.27. The Morgan fingerprint density at radius 3 is 2.81 bits per heavy atom. The summed E-state index contributed by atoms with van der Waals surface area (Å²) >= 11 is 1.89. The van der Waals surface area contributed by atoms with Gasteiger partial charge in [0.2, 0.25) is 0 Å². The first-order chi connectivity index (χ1) is 7.52. The fourth-order valence-corrected chi connectivity index (χ4v) is 3.67. The van der Waals surface area contributed by atoms with E-state index in [1.165, 1.54) is 10.4 Å². The molecule has 2 rings (SSSR count). The van der Waals surface area contributed by atoms with Crippen LogP contribution in [0.5, 0.6) is 0 Å². The van der Waals surface area contributed by atoms with Crippen LogP contribution in [0, 0.1) is 6.92 Å². The highest BCUT2D eigenvalue weighted by atomic mass is 32.1. The van der Waals surface area contributed by atoms with E-state index in [0.717, 1.165) is 19.6 Å². The number of nitrogens with one attached hydrogen (secondary N) is 1. The van der Waals surface area contributed by atoms with E-state index in [9.17, 15) is 0 Å². The molecule has 0 spiro atoms. The van der Waals surface area contributed by atoms with Crippen molar-refractivity contribution in [3.05, 3.63) is 21.9 Å². The minimum Gasteiger partial charge on any atom is -0.314 e. The molecule has 1 aliphatic rings. The average Bonchev–Trinajstić information content (AvgIpc) is 2.63. The van der Waals surface area contributed by atoms with Crippen LogP contribution in [0.4, 0.5) is 0 Å². The van der Waals surface area contributed by atoms with Gasteiger partial charge in [-0.1, -0.05) is 0 Å². The second-order valence-electron chi connectivity index (χ2n) is 5.33. The van der Waals surface area contributed by atoms with Gasteiger partial charge in [0.1, 0.15) is 0 Å². The van der Waals surface area contributed by atoms with Gasteiger partial charge in [0, 0.05) is 36.1 Å². The summed E-state index contributed by atoms with van der Waals surface area (Å²) in [6, 6.07) is 2.77. The van der Waals surface area contributed by atoms with E-state index in [4.69, 9.17) is 0 Å². The van der Waals surface area contributed by atoms with Crippen molar-refractivity contribution in [1.82, 2.24) is 10.2 Å². The summed E-state index contributed by atoms with van der Waals surface area (Å²) in [5.74, 6) is 0. The lowest BCUT2D eigenvalue weighted by Gasteiger charge is -2.46. The molecule has 1 aromatic rings. The first-order valence-electron chi connectivity index (χ1n) is 6.04. The Bertz CT molecular complexity index is 357. The molecule has 90 valence electrons. The molecule has 1 unspecified atom stereocenters. The fraction of sp³-hybridized carbons (Fsp3) is 0.692. The Balaban J connectivity index is 2.20. The molecule has 1 N–H and O–H groups in total. The molecule has 0 saturated carbocycles. The zero-order valence-electron chi connectivity index (χ0n) is 10.7. The molecule has 2 nitrogen and oxygen atoms in total. The van der Waals surface area contributed by atoms with Crippen LogP contribution < -0.4 is 5.32 Å². The maximum Gasteiger partial charge on any atom is 0.0422 e. The van der Waals surface area contributed by atoms with Crippen molar-refractivity contribution in [3.63, 3.8) is 0 Å². The Morgan fingerprint density at radius 1 is 1.50 bits per heavy atom. The van der Waals surface area contributed by atoms with Gasteiger partial charge < -0.3 is 5.32 Å². The summed E-state index contributed by atoms with van der Waals surface area (Å²) in [4.78, 5) is 4.15. The molecule has 2 heterocycles. The van der Waals surface area contributed by atoms with Crippen molar-refractivity contribution >= 4 is 11.3 Å². The summed E-state index contributed by atoms with van der Waals surface area (Å²) in [6.45, 7) is 12.6. The molecular formula is C13H22N2S. The quantitative estimate of drug-likeness (QED) is 0.852. The van der Waals surface area contributed by atoms with Crippen LogP contribution in [-0.2, 0) is 0 Å². The molecule has 1 aromatic heterocycles. The van der Waals surface area contributed by atoms with Gasteiger partial charge in [-0.15, -0.1) is 11.3 Å². The highest BCUT2D eigenvalue weighted by Crippen LogP contribution is 2.33. The number of hydrogen-bond acceptors (Lipinski definition) is 3. The normalized spacial score (nSPS) is 23.2. The molecule has 0 aromatic carbocycles. The smallest absolute Gasteiger partial charge is 0.0422 e. The summed E-state index contributed by atoms with van der Waals surface area (Å²) in [5, 5.41) is 5.69. The van der Waals surface area contributed by atoms with Crippen LogP contribution in [0.15, 0.2) is 11.4 Å². The summed E-state index contributed by atoms with van der Waals surface area (Å²) < 4.78 is 0. The first-order valence-corrected chi connectivity index (χ1v) is 6.92. The lowest BCUT2D eigenvalue weighted by Crippen LogP contribution is -2.58. The van der Waals surface area contributed by atoms with E-state index in [2.05, 4.69) is 49.4 Å². The predicted molar refractivity (Wildman–Crippen MR) is 71.1 cm³/mol. The van der Waals surface area contributed by atoms with Crippen LogP contribution in [0.3, 0.4) is 0 Å². The molecule has 16 heavy (non-hydrogen) atoms. The van der Waals surface area contributed by atoms with Crippen molar-refractivity contribution in [2.75, 3.05) is 19.6 Å². The van der Waals surface area contributed by atoms with Crippen LogP contribution in [-0.4, -0.2) is 30.1 Å². The van der Waals surface area contributed by atoms with Crippen molar-refractivity contribution in [1.29, 1.82) is 0 Å². The standard InChI is InChI=1S/C13H22N2S/c1-10-5-8-16-12(10)11(2)15-7-6-14-9-13(15,3)4/h5,8,11,14H,6-7,9H2,1-4H3. The minimum atomic E-state index is 0.258. The SMILES string of the molecule is Cc1ccsc1C(C)N1CCNCC1(C)C. The molecule has 1 fully saturated rings. The molecule has 0 radical (unpaired) electrons. The highest BCUT2D eigenvalue weighted by molar-refractivity contribution is 7.10. The van der Waals surface area contributed by atoms with Crippen molar-refractivity contribution < 1.29 is 0 Å². The number of aryl methyl sites for hydroxylation is 1. The number of piperazine rings is 1. The zero-order chi connectivity index (χ0) is 11.8. The van der Waals surface area contributed by atoms with Crippen LogP contribution >= 0.6 is 11.3 Å². The highest BCUT2D eigenvalue weighted by Gasteiger charge is 2.34. The third-order valence-corrected chi connectivity index (χ3v) is 4.80. The fourth-order valence-electron chi connectivity index (χ4n) is 2.67. The predicted octanol–water partition coefficient (Wildman–Crippen LogP) is 2.80. The summed E-state index contributed by atoms with van der Waals surface area (Å²) in [7, 11) is 0. The van der Waals surface area contributed by atoms with Crippen LogP contribution in [0.1, 0.15) is 37.3 Å². The lowest BCUT2D eigenvalue weighted by atomic mass is 9.97. The monoisotopic (exact) mass is 238 g/mol. The Kier molecular flexibility index (Phi) is 3.38. The Labute approximate surface area is 103 Å². The van der Waals surface area contributed by atoms with Crippen molar-refractivity contribution in [3.8, 4) is 0 Å². The molecule has 3 heteroatoms. The average molecular weight is 238 g/mol. The van der Waals surface area contributed by atoms with Crippen molar-refractivity contribution in [2.45, 2.75) is 39.3 Å². The van der Waals surface area contributed by atoms with Crippen LogP contribution in [0.25, 0.3) is 0 Å². The maximum absolute atomic E-state index is 3.48. The van der Waals surface area contributed by atoms with E-state index < -0.39 is 0 Å². The number of nitrogens with zero attached hydrogens (tertiary/aromatic N) is 1. The van der Waals surface area contributed by atoms with Gasteiger partial charge in [-0.25, -0.2) is 0 Å². The minimum absolute atomic E-state index is 0.258. The molecule has 1 aliphatic heterocycles. The Hall–Kier alpha value is -0.380. The molecule has 0 aliphatic carbocycles. The third-order valence-electron chi connectivity index (χ3n) is 3.61. The van der Waals surface area contributed by atoms with Gasteiger partial charge in [0.05, 0.1) is 0 Å². The summed E-state index contributed by atoms with van der Waals surface area (Å²) in [6.07, 6.45) is 0. The van der Waals surface area contributed by atoms with Crippen molar-refractivity contribution in [2.24, 2.45) is 0 Å². The van der Waals surface area contributed by atoms with E-state index >= 15 is 0 Å². The molecular weight excluding hydrogens is 216 g/mol. The lowest BCUT2D eigenvalue weighted by molar-refractivity contribution is 0.0528. The molecule has 0 amide bonds. The summed E-state index contributed by atoms with van der Waals surface area (Å²) in [5.41, 5.74) is 1.69. The Morgan fingerprint density at radius 2 is 2.25 bits per heavy atom. The van der Waals surface area contributed by atoms with Gasteiger partial charge in [-0.05, 0) is 44.7 Å². The maximum atomic E-state index is 3.48. The van der Waals surface area contributed by atoms with Gasteiger partial charge >= 0.3 is 0 Å². The van der Waals surface area contributed by atoms with Crippen LogP contribution in [0.2, 0.25) is 0 Å². The second kappa shape index (κ2) is 4.47. The van der Waals surface area contributed by atoms with Gasteiger partial charge in [-0.3, -0.25) is 4.90 Å². The van der Waals surface area contributed by atoms with E-state index in [1.54, 1.807) is 0 Å². The molecule has 1 saturated heterocycles. The van der Waals surface area contributed by atoms with Gasteiger partial charge in [0.15, 0.2) is 0 Å². The molecule has 0 bridgehead atoms. The third kappa shape index (κ3) is 2.17. The van der Waals surface area contributed by atoms with E-state index in [1.807, 2.05) is 11.3 Å². The van der Waals surface area contributed by atoms with Gasteiger partial charge in [0.25, 0.3) is 0 Å². The zero-order valence-corrected chi connectivity index (χ0v) is 11.5. The topological polar surface area (TPSA) is 15.3 Å². The number of rotatable bonds is 2. The van der Waals surface area contributed by atoms with E-state index in [0.29, 0.717) is 6.04 Å².